The zero-order valence-electron chi connectivity index (χ0n) is 24.0. The number of fused-ring (bicyclic) bond motifs is 1. The van der Waals surface area contributed by atoms with Gasteiger partial charge in [-0.3, -0.25) is 24.4 Å². The lowest BCUT2D eigenvalue weighted by molar-refractivity contribution is -0.112. The van der Waals surface area contributed by atoms with Crippen LogP contribution >= 0.6 is 46.4 Å². The van der Waals surface area contributed by atoms with E-state index in [1.165, 1.54) is 23.5 Å². The molecule has 3 aromatic heterocycles. The van der Waals surface area contributed by atoms with Crippen molar-refractivity contribution in [1.29, 1.82) is 0 Å². The number of rotatable bonds is 9. The number of carbonyl (C=O) groups excluding carboxylic acids is 2. The molecule has 0 bridgehead atoms. The summed E-state index contributed by atoms with van der Waals surface area (Å²) in [7, 11) is 0. The number of carbonyl (C=O) groups is 2. The fourth-order valence-corrected chi connectivity index (χ4v) is 6.41. The van der Waals surface area contributed by atoms with Crippen molar-refractivity contribution in [3.63, 3.8) is 0 Å². The summed E-state index contributed by atoms with van der Waals surface area (Å²) < 4.78 is 1.93. The van der Waals surface area contributed by atoms with Crippen molar-refractivity contribution in [2.75, 3.05) is 38.0 Å². The van der Waals surface area contributed by atoms with Crippen molar-refractivity contribution in [3.05, 3.63) is 122 Å². The molecule has 6 rings (SSSR count). The lowest BCUT2D eigenvalue weighted by atomic mass is 9.96. The number of Topliss-reactive ketones (excluding diaryl/α,β-unsaturated/α-hetero) is 1. The van der Waals surface area contributed by atoms with Gasteiger partial charge in [0, 0.05) is 79.5 Å². The zero-order chi connectivity index (χ0) is 31.5. The van der Waals surface area contributed by atoms with Crippen LogP contribution in [-0.2, 0) is 11.3 Å². The van der Waals surface area contributed by atoms with E-state index in [0.717, 1.165) is 32.7 Å². The number of halogens is 4. The average Bonchev–Trinajstić information content (AvgIpc) is 3.42. The summed E-state index contributed by atoms with van der Waals surface area (Å²) >= 11 is 24.7. The van der Waals surface area contributed by atoms with Crippen LogP contribution in [0.2, 0.25) is 20.1 Å². The van der Waals surface area contributed by atoms with Crippen molar-refractivity contribution < 1.29 is 9.59 Å². The van der Waals surface area contributed by atoms with Crippen LogP contribution < -0.4 is 5.32 Å². The summed E-state index contributed by atoms with van der Waals surface area (Å²) in [6.45, 7) is 4.82. The third kappa shape index (κ3) is 7.02. The molecule has 1 fully saturated rings. The molecule has 12 heteroatoms. The SMILES string of the molecule is O=C(Nc1c(Cl)cncc1Cl)C(=O)c1cn(CCN2CCN(C(c3ccc(Cl)cc3)c3ccc(Cl)cc3)CC2)c2ncccc12. The molecule has 1 amide bonds. The van der Waals surface area contributed by atoms with Crippen LogP contribution in [0.25, 0.3) is 11.0 Å². The molecule has 1 saturated heterocycles. The third-order valence-corrected chi connectivity index (χ3v) is 9.05. The Bertz CT molecular complexity index is 1770. The molecule has 8 nitrogen and oxygen atoms in total. The van der Waals surface area contributed by atoms with Crippen molar-refractivity contribution in [1.82, 2.24) is 24.3 Å². The van der Waals surface area contributed by atoms with Crippen LogP contribution in [0.1, 0.15) is 27.5 Å². The molecule has 0 atom stereocenters. The van der Waals surface area contributed by atoms with Crippen LogP contribution in [-0.4, -0.2) is 68.7 Å². The van der Waals surface area contributed by atoms with E-state index < -0.39 is 11.7 Å². The Labute approximate surface area is 280 Å². The van der Waals surface area contributed by atoms with Gasteiger partial charge in [-0.2, -0.15) is 0 Å². The van der Waals surface area contributed by atoms with E-state index in [2.05, 4.69) is 49.4 Å². The predicted molar refractivity (Wildman–Crippen MR) is 180 cm³/mol. The van der Waals surface area contributed by atoms with Gasteiger partial charge in [0.05, 0.1) is 27.3 Å². The molecule has 1 aliphatic rings. The number of amides is 1. The lowest BCUT2D eigenvalue weighted by Crippen LogP contribution is -2.48. The average molecular weight is 682 g/mol. The first-order valence-corrected chi connectivity index (χ1v) is 15.9. The Morgan fingerprint density at radius 3 is 2.00 bits per heavy atom. The highest BCUT2D eigenvalue weighted by Crippen LogP contribution is 2.32. The number of hydrogen-bond acceptors (Lipinski definition) is 6. The minimum atomic E-state index is -0.847. The van der Waals surface area contributed by atoms with Crippen molar-refractivity contribution in [2.45, 2.75) is 12.6 Å². The minimum absolute atomic E-state index is 0.0795. The van der Waals surface area contributed by atoms with E-state index in [0.29, 0.717) is 27.6 Å². The molecule has 5 aromatic rings. The molecule has 2 aromatic carbocycles. The summed E-state index contributed by atoms with van der Waals surface area (Å²) in [6.07, 6.45) is 6.07. The highest BCUT2D eigenvalue weighted by molar-refractivity contribution is 6.50. The Morgan fingerprint density at radius 1 is 0.800 bits per heavy atom. The molecular weight excluding hydrogens is 654 g/mol. The number of aromatic nitrogens is 3. The molecule has 0 saturated carbocycles. The van der Waals surface area contributed by atoms with Gasteiger partial charge in [-0.25, -0.2) is 4.98 Å². The van der Waals surface area contributed by atoms with Crippen molar-refractivity contribution in [3.8, 4) is 0 Å². The number of piperazine rings is 1. The van der Waals surface area contributed by atoms with Gasteiger partial charge in [0.25, 0.3) is 11.7 Å². The maximum absolute atomic E-state index is 13.3. The maximum Gasteiger partial charge on any atom is 0.296 e. The van der Waals surface area contributed by atoms with Crippen LogP contribution in [0, 0.1) is 0 Å². The van der Waals surface area contributed by atoms with Crippen LogP contribution in [0.4, 0.5) is 5.69 Å². The van der Waals surface area contributed by atoms with Gasteiger partial charge in [-0.1, -0.05) is 70.7 Å². The van der Waals surface area contributed by atoms with Crippen LogP contribution in [0.3, 0.4) is 0 Å². The molecule has 0 unspecified atom stereocenters. The van der Waals surface area contributed by atoms with E-state index in [-0.39, 0.29) is 27.3 Å². The van der Waals surface area contributed by atoms with Gasteiger partial charge in [0.2, 0.25) is 0 Å². The van der Waals surface area contributed by atoms with Gasteiger partial charge in [-0.05, 0) is 47.5 Å². The van der Waals surface area contributed by atoms with Gasteiger partial charge in [0.1, 0.15) is 5.65 Å². The lowest BCUT2D eigenvalue weighted by Gasteiger charge is -2.40. The number of nitrogens with zero attached hydrogens (tertiary/aromatic N) is 5. The number of pyridine rings is 2. The number of hydrogen-bond donors (Lipinski definition) is 1. The van der Waals surface area contributed by atoms with Gasteiger partial charge < -0.3 is 9.88 Å². The Morgan fingerprint density at radius 2 is 1.40 bits per heavy atom. The van der Waals surface area contributed by atoms with Gasteiger partial charge in [0.15, 0.2) is 0 Å². The van der Waals surface area contributed by atoms with E-state index >= 15 is 0 Å². The van der Waals surface area contributed by atoms with E-state index in [4.69, 9.17) is 46.4 Å². The van der Waals surface area contributed by atoms with Gasteiger partial charge in [-0.15, -0.1) is 0 Å². The highest BCUT2D eigenvalue weighted by Gasteiger charge is 2.27. The Kier molecular flexibility index (Phi) is 9.70. The topological polar surface area (TPSA) is 83.4 Å². The molecule has 45 heavy (non-hydrogen) atoms. The largest absolute Gasteiger partial charge is 0.330 e. The quantitative estimate of drug-likeness (QED) is 0.130. The van der Waals surface area contributed by atoms with Crippen LogP contribution in [0.15, 0.2) is 85.5 Å². The summed E-state index contributed by atoms with van der Waals surface area (Å²) in [6, 6.07) is 19.7. The van der Waals surface area contributed by atoms with Crippen LogP contribution in [0.5, 0.6) is 0 Å². The second-order valence-electron chi connectivity index (χ2n) is 10.8. The Hall–Kier alpha value is -3.50. The second-order valence-corrected chi connectivity index (χ2v) is 12.4. The smallest absolute Gasteiger partial charge is 0.296 e. The second kappa shape index (κ2) is 13.9. The molecule has 4 heterocycles. The fourth-order valence-electron chi connectivity index (χ4n) is 5.70. The number of nitrogens with one attached hydrogen (secondary N) is 1. The molecule has 230 valence electrons. The van der Waals surface area contributed by atoms with Crippen molar-refractivity contribution in [2.24, 2.45) is 0 Å². The number of anilines is 1. The monoisotopic (exact) mass is 680 g/mol. The standard InChI is InChI=1S/C33H28Cl4N6O2/c34-23-7-3-21(4-8-23)30(22-5-9-24(35)10-6-22)42-15-12-41(13-16-42)14-17-43-20-26(25-2-1-11-39-32(25)43)31(44)33(45)40-29-27(36)18-38-19-28(29)37/h1-11,18-20,30H,12-17H2,(H,38,40,45). The summed E-state index contributed by atoms with van der Waals surface area (Å²) in [5.74, 6) is -1.56. The zero-order valence-corrected chi connectivity index (χ0v) is 27.0. The van der Waals surface area contributed by atoms with E-state index in [1.807, 2.05) is 28.8 Å². The molecular formula is C33H28Cl4N6O2. The molecule has 0 radical (unpaired) electrons. The highest BCUT2D eigenvalue weighted by atomic mass is 35.5. The van der Waals surface area contributed by atoms with Gasteiger partial charge >= 0.3 is 0 Å². The number of benzene rings is 2. The first-order chi connectivity index (χ1) is 21.8. The molecule has 1 aliphatic heterocycles. The molecule has 0 spiro atoms. The summed E-state index contributed by atoms with van der Waals surface area (Å²) in [5.41, 5.74) is 3.39. The van der Waals surface area contributed by atoms with E-state index in [1.54, 1.807) is 24.5 Å². The number of ketones is 1. The first-order valence-electron chi connectivity index (χ1n) is 14.3. The Balaban J connectivity index is 1.14. The molecule has 0 aliphatic carbocycles. The first kappa shape index (κ1) is 31.5. The molecule has 1 N–H and O–H groups in total. The normalized spacial score (nSPS) is 14.2. The predicted octanol–water partition coefficient (Wildman–Crippen LogP) is 7.27. The van der Waals surface area contributed by atoms with E-state index in [9.17, 15) is 9.59 Å². The maximum atomic E-state index is 13.3. The van der Waals surface area contributed by atoms with Crippen molar-refractivity contribution >= 4 is 74.8 Å². The third-order valence-electron chi connectivity index (χ3n) is 7.98. The summed E-state index contributed by atoms with van der Waals surface area (Å²) in [5, 5.41) is 4.82. The fraction of sp³-hybridized carbons (Fsp3) is 0.212. The summed E-state index contributed by atoms with van der Waals surface area (Å²) in [4.78, 5) is 39.5. The minimum Gasteiger partial charge on any atom is -0.330 e.